The lowest BCUT2D eigenvalue weighted by Gasteiger charge is -2.06. The van der Waals surface area contributed by atoms with Crippen molar-refractivity contribution in [3.63, 3.8) is 0 Å². The van der Waals surface area contributed by atoms with E-state index in [0.717, 1.165) is 5.69 Å². The number of nitrogens with two attached hydrogens (primary N) is 1. The first-order chi connectivity index (χ1) is 7.27. The Kier molecular flexibility index (Phi) is 5.00. The molecular weight excluding hydrogens is 212 g/mol. The van der Waals surface area contributed by atoms with Gasteiger partial charge in [-0.3, -0.25) is 5.14 Å². The van der Waals surface area contributed by atoms with Crippen LogP contribution in [-0.2, 0) is 4.74 Å². The summed E-state index contributed by atoms with van der Waals surface area (Å²) in [5.74, 6) is 0.299. The van der Waals surface area contributed by atoms with Crippen LogP contribution < -0.4 is 10.5 Å². The molecule has 0 aliphatic carbocycles. The summed E-state index contributed by atoms with van der Waals surface area (Å²) in [6, 6.07) is 7.14. The van der Waals surface area contributed by atoms with E-state index in [1.165, 1.54) is 11.9 Å². The van der Waals surface area contributed by atoms with Crippen molar-refractivity contribution in [1.29, 1.82) is 0 Å². The molecule has 0 aliphatic rings. The maximum absolute atomic E-state index is 11.4. The smallest absolute Gasteiger partial charge is 0.338 e. The quantitative estimate of drug-likeness (QED) is 0.455. The Labute approximate surface area is 93.3 Å². The second-order valence-electron chi connectivity index (χ2n) is 2.79. The van der Waals surface area contributed by atoms with E-state index in [2.05, 4.69) is 5.32 Å². The zero-order chi connectivity index (χ0) is 11.1. The van der Waals surface area contributed by atoms with E-state index in [0.29, 0.717) is 18.0 Å². The molecule has 0 unspecified atom stereocenters. The minimum absolute atomic E-state index is 0.304. The van der Waals surface area contributed by atoms with Crippen LogP contribution >= 0.6 is 11.9 Å². The van der Waals surface area contributed by atoms with Crippen LogP contribution in [0.3, 0.4) is 0 Å². The van der Waals surface area contributed by atoms with E-state index < -0.39 is 0 Å². The molecule has 0 spiro atoms. The lowest BCUT2D eigenvalue weighted by molar-refractivity contribution is 0.0526. The molecule has 1 rings (SSSR count). The van der Waals surface area contributed by atoms with Crippen molar-refractivity contribution < 1.29 is 9.53 Å². The van der Waals surface area contributed by atoms with Gasteiger partial charge in [0.25, 0.3) is 0 Å². The van der Waals surface area contributed by atoms with Gasteiger partial charge in [0, 0.05) is 5.69 Å². The number of esters is 1. The van der Waals surface area contributed by atoms with Crippen LogP contribution in [0.1, 0.15) is 17.3 Å². The summed E-state index contributed by atoms with van der Waals surface area (Å²) in [6.45, 7) is 2.17. The van der Waals surface area contributed by atoms with E-state index in [1.54, 1.807) is 25.1 Å². The highest BCUT2D eigenvalue weighted by Gasteiger charge is 2.05. The van der Waals surface area contributed by atoms with Crippen molar-refractivity contribution >= 4 is 23.6 Å². The molecule has 0 radical (unpaired) electrons. The summed E-state index contributed by atoms with van der Waals surface area (Å²) in [7, 11) is 0. The highest BCUT2D eigenvalue weighted by molar-refractivity contribution is 7.97. The Morgan fingerprint density at radius 1 is 1.60 bits per heavy atom. The Morgan fingerprint density at radius 3 is 3.07 bits per heavy atom. The fraction of sp³-hybridized carbons (Fsp3) is 0.300. The van der Waals surface area contributed by atoms with Gasteiger partial charge in [0.05, 0.1) is 18.0 Å². The van der Waals surface area contributed by atoms with Crippen molar-refractivity contribution in [2.24, 2.45) is 5.14 Å². The molecule has 0 amide bonds. The number of carbonyl (C=O) groups excluding carboxylic acids is 1. The number of hydrogen-bond donors (Lipinski definition) is 2. The predicted molar refractivity (Wildman–Crippen MR) is 62.7 cm³/mol. The SMILES string of the molecule is CCOC(=O)c1cccc(NCSN)c1. The Hall–Kier alpha value is -1.20. The van der Waals surface area contributed by atoms with Crippen molar-refractivity contribution in [2.45, 2.75) is 6.92 Å². The summed E-state index contributed by atoms with van der Waals surface area (Å²) < 4.78 is 4.89. The van der Waals surface area contributed by atoms with Crippen molar-refractivity contribution in [3.8, 4) is 0 Å². The molecular formula is C10H14N2O2S. The fourth-order valence-electron chi connectivity index (χ4n) is 1.10. The first-order valence-corrected chi connectivity index (χ1v) is 5.65. The molecule has 0 atom stereocenters. The van der Waals surface area contributed by atoms with Gasteiger partial charge < -0.3 is 10.1 Å². The molecule has 1 aromatic carbocycles. The molecule has 0 saturated carbocycles. The van der Waals surface area contributed by atoms with Crippen LogP contribution in [0.25, 0.3) is 0 Å². The molecule has 4 nitrogen and oxygen atoms in total. The van der Waals surface area contributed by atoms with Gasteiger partial charge in [0.1, 0.15) is 0 Å². The summed E-state index contributed by atoms with van der Waals surface area (Å²) in [4.78, 5) is 11.4. The van der Waals surface area contributed by atoms with Gasteiger partial charge in [-0.05, 0) is 25.1 Å². The Morgan fingerprint density at radius 2 is 2.40 bits per heavy atom. The van der Waals surface area contributed by atoms with Crippen LogP contribution in [0.5, 0.6) is 0 Å². The lowest BCUT2D eigenvalue weighted by atomic mass is 10.2. The van der Waals surface area contributed by atoms with Crippen molar-refractivity contribution in [2.75, 3.05) is 17.8 Å². The largest absolute Gasteiger partial charge is 0.462 e. The van der Waals surface area contributed by atoms with Crippen LogP contribution in [0.15, 0.2) is 24.3 Å². The average Bonchev–Trinajstić information content (AvgIpc) is 2.27. The van der Waals surface area contributed by atoms with Gasteiger partial charge in [0.2, 0.25) is 0 Å². The van der Waals surface area contributed by atoms with E-state index in [-0.39, 0.29) is 5.97 Å². The minimum atomic E-state index is -0.304. The maximum atomic E-state index is 11.4. The van der Waals surface area contributed by atoms with Crippen molar-refractivity contribution in [1.82, 2.24) is 0 Å². The highest BCUT2D eigenvalue weighted by Crippen LogP contribution is 2.12. The number of hydrogen-bond acceptors (Lipinski definition) is 5. The monoisotopic (exact) mass is 226 g/mol. The standard InChI is InChI=1S/C10H14N2O2S/c1-2-14-10(13)8-4-3-5-9(6-8)12-7-15-11/h3-6,12H,2,7,11H2,1H3. The summed E-state index contributed by atoms with van der Waals surface area (Å²) in [5.41, 5.74) is 1.40. The number of carbonyl (C=O) groups is 1. The summed E-state index contributed by atoms with van der Waals surface area (Å²) >= 11 is 1.19. The molecule has 15 heavy (non-hydrogen) atoms. The Bertz CT molecular complexity index is 331. The third-order valence-electron chi connectivity index (χ3n) is 1.73. The molecule has 0 fully saturated rings. The van der Waals surface area contributed by atoms with Crippen LogP contribution in [-0.4, -0.2) is 18.5 Å². The highest BCUT2D eigenvalue weighted by atomic mass is 32.2. The number of anilines is 1. The zero-order valence-electron chi connectivity index (χ0n) is 8.53. The fourth-order valence-corrected chi connectivity index (χ4v) is 1.35. The normalized spacial score (nSPS) is 9.73. The molecule has 0 aliphatic heterocycles. The van der Waals surface area contributed by atoms with Gasteiger partial charge in [-0.15, -0.1) is 0 Å². The number of ether oxygens (including phenoxy) is 1. The van der Waals surface area contributed by atoms with E-state index in [9.17, 15) is 4.79 Å². The zero-order valence-corrected chi connectivity index (χ0v) is 9.34. The second-order valence-corrected chi connectivity index (χ2v) is 3.41. The van der Waals surface area contributed by atoms with Gasteiger partial charge in [-0.25, -0.2) is 4.79 Å². The van der Waals surface area contributed by atoms with Gasteiger partial charge in [-0.1, -0.05) is 18.0 Å². The first kappa shape index (κ1) is 11.9. The first-order valence-electron chi connectivity index (χ1n) is 4.60. The molecule has 5 heteroatoms. The van der Waals surface area contributed by atoms with E-state index >= 15 is 0 Å². The molecule has 3 N–H and O–H groups in total. The third-order valence-corrected chi connectivity index (χ3v) is 2.04. The third kappa shape index (κ3) is 3.81. The topological polar surface area (TPSA) is 64.3 Å². The van der Waals surface area contributed by atoms with Crippen LogP contribution in [0.2, 0.25) is 0 Å². The van der Waals surface area contributed by atoms with E-state index in [4.69, 9.17) is 9.88 Å². The number of nitrogens with one attached hydrogen (secondary N) is 1. The van der Waals surface area contributed by atoms with Gasteiger partial charge in [-0.2, -0.15) is 0 Å². The number of benzene rings is 1. The predicted octanol–water partition coefficient (Wildman–Crippen LogP) is 1.84. The Balaban J connectivity index is 2.69. The van der Waals surface area contributed by atoms with Crippen LogP contribution in [0.4, 0.5) is 5.69 Å². The maximum Gasteiger partial charge on any atom is 0.338 e. The van der Waals surface area contributed by atoms with Crippen molar-refractivity contribution in [3.05, 3.63) is 29.8 Å². The molecule has 0 aromatic heterocycles. The lowest BCUT2D eigenvalue weighted by Crippen LogP contribution is -2.06. The molecule has 82 valence electrons. The minimum Gasteiger partial charge on any atom is -0.462 e. The second kappa shape index (κ2) is 6.31. The summed E-state index contributed by atoms with van der Waals surface area (Å²) in [6.07, 6.45) is 0. The van der Waals surface area contributed by atoms with E-state index in [1.807, 2.05) is 6.07 Å². The van der Waals surface area contributed by atoms with Crippen LogP contribution in [0, 0.1) is 0 Å². The average molecular weight is 226 g/mol. The molecule has 0 heterocycles. The summed E-state index contributed by atoms with van der Waals surface area (Å²) in [5, 5.41) is 8.35. The molecule has 0 bridgehead atoms. The van der Waals surface area contributed by atoms with Gasteiger partial charge in [0.15, 0.2) is 0 Å². The van der Waals surface area contributed by atoms with Gasteiger partial charge >= 0.3 is 5.97 Å². The molecule has 0 saturated heterocycles. The molecule has 1 aromatic rings. The number of rotatable bonds is 5.